The van der Waals surface area contributed by atoms with Crippen molar-refractivity contribution in [3.63, 3.8) is 0 Å². The molecule has 2 fully saturated rings. The smallest absolute Gasteiger partial charge is 0.252 e. The molecule has 2 aliphatic carbocycles. The Morgan fingerprint density at radius 3 is 1.44 bits per heavy atom. The quantitative estimate of drug-likeness (QED) is 0.449. The normalized spacial score (nSPS) is 23.4. The second-order valence-electron chi connectivity index (χ2n) is 4.46. The fraction of sp³-hybridized carbons (Fsp3) is 0.800. The van der Waals surface area contributed by atoms with Gasteiger partial charge in [-0.3, -0.25) is 9.59 Å². The lowest BCUT2D eigenvalue weighted by Crippen LogP contribution is -2.50. The summed E-state index contributed by atoms with van der Waals surface area (Å²) in [6.45, 7) is 0. The van der Waals surface area contributed by atoms with Crippen molar-refractivity contribution in [1.29, 1.82) is 0 Å². The van der Waals surface area contributed by atoms with E-state index in [-0.39, 0.29) is 12.1 Å². The Balaban J connectivity index is 1.78. The van der Waals surface area contributed by atoms with E-state index in [0.29, 0.717) is 0 Å². The Kier molecular flexibility index (Phi) is 3.11. The van der Waals surface area contributed by atoms with Crippen LogP contribution in [0.1, 0.15) is 25.7 Å². The number of nitrogens with one attached hydrogen (secondary N) is 2. The summed E-state index contributed by atoms with van der Waals surface area (Å²) in [5.41, 5.74) is 0. The van der Waals surface area contributed by atoms with E-state index >= 15 is 0 Å². The number of hydrogen-bond acceptors (Lipinski definition) is 4. The first-order valence-corrected chi connectivity index (χ1v) is 5.55. The monoisotopic (exact) mass is 228 g/mol. The molecule has 0 heterocycles. The molecule has 16 heavy (non-hydrogen) atoms. The number of hydrogen-bond donors (Lipinski definition) is 4. The van der Waals surface area contributed by atoms with Crippen LogP contribution in [0, 0.1) is 0 Å². The van der Waals surface area contributed by atoms with Gasteiger partial charge in [-0.1, -0.05) is 0 Å². The van der Waals surface area contributed by atoms with E-state index in [4.69, 9.17) is 0 Å². The molecule has 90 valence electrons. The third-order valence-corrected chi connectivity index (χ3v) is 2.68. The summed E-state index contributed by atoms with van der Waals surface area (Å²) in [4.78, 5) is 22.7. The predicted octanol–water partition coefficient (Wildman–Crippen LogP) is -1.73. The van der Waals surface area contributed by atoms with Crippen molar-refractivity contribution in [2.75, 3.05) is 0 Å². The van der Waals surface area contributed by atoms with Crippen LogP contribution < -0.4 is 10.6 Å². The minimum atomic E-state index is -1.68. The van der Waals surface area contributed by atoms with Crippen molar-refractivity contribution in [3.05, 3.63) is 0 Å². The highest BCUT2D eigenvalue weighted by Crippen LogP contribution is 2.20. The Morgan fingerprint density at radius 1 is 0.875 bits per heavy atom. The first-order chi connectivity index (χ1) is 7.58. The summed E-state index contributed by atoms with van der Waals surface area (Å²) in [6.07, 6.45) is 0.204. The van der Waals surface area contributed by atoms with Crippen molar-refractivity contribution >= 4 is 11.8 Å². The van der Waals surface area contributed by atoms with Crippen LogP contribution in [0.4, 0.5) is 0 Å². The fourth-order valence-electron chi connectivity index (χ4n) is 1.32. The molecule has 6 nitrogen and oxygen atoms in total. The second kappa shape index (κ2) is 4.39. The molecule has 0 aromatic carbocycles. The number of aliphatic hydroxyl groups excluding tert-OH is 2. The van der Waals surface area contributed by atoms with Gasteiger partial charge in [-0.25, -0.2) is 0 Å². The molecule has 0 unspecified atom stereocenters. The van der Waals surface area contributed by atoms with Crippen LogP contribution in [0.15, 0.2) is 0 Å². The van der Waals surface area contributed by atoms with E-state index in [9.17, 15) is 19.8 Å². The minimum absolute atomic E-state index is 0.0980. The van der Waals surface area contributed by atoms with Crippen LogP contribution in [0.3, 0.4) is 0 Å². The number of carbonyl (C=O) groups excluding carboxylic acids is 2. The van der Waals surface area contributed by atoms with Gasteiger partial charge in [0.25, 0.3) is 11.8 Å². The van der Waals surface area contributed by atoms with E-state index in [0.717, 1.165) is 25.7 Å². The summed E-state index contributed by atoms with van der Waals surface area (Å²) in [7, 11) is 0. The van der Waals surface area contributed by atoms with Gasteiger partial charge in [-0.2, -0.15) is 0 Å². The number of amides is 2. The zero-order chi connectivity index (χ0) is 11.7. The van der Waals surface area contributed by atoms with E-state index in [1.807, 2.05) is 0 Å². The number of carbonyl (C=O) groups is 2. The van der Waals surface area contributed by atoms with Gasteiger partial charge in [0.15, 0.2) is 12.2 Å². The summed E-state index contributed by atoms with van der Waals surface area (Å²) >= 11 is 0. The highest BCUT2D eigenvalue weighted by molar-refractivity contribution is 5.91. The molecule has 0 aliphatic heterocycles. The maximum atomic E-state index is 11.3. The third kappa shape index (κ3) is 2.93. The van der Waals surface area contributed by atoms with Gasteiger partial charge >= 0.3 is 0 Å². The molecule has 0 saturated heterocycles. The molecule has 2 rings (SSSR count). The topological polar surface area (TPSA) is 98.7 Å². The molecule has 0 spiro atoms. The van der Waals surface area contributed by atoms with Gasteiger partial charge in [0, 0.05) is 12.1 Å². The molecule has 0 bridgehead atoms. The zero-order valence-corrected chi connectivity index (χ0v) is 8.85. The number of aliphatic hydroxyl groups is 2. The van der Waals surface area contributed by atoms with Gasteiger partial charge in [0.05, 0.1) is 0 Å². The molecule has 4 N–H and O–H groups in total. The van der Waals surface area contributed by atoms with Crippen molar-refractivity contribution < 1.29 is 19.8 Å². The highest BCUT2D eigenvalue weighted by Gasteiger charge is 2.35. The third-order valence-electron chi connectivity index (χ3n) is 2.68. The largest absolute Gasteiger partial charge is 0.380 e. The molecular weight excluding hydrogens is 212 g/mol. The maximum Gasteiger partial charge on any atom is 0.252 e. The van der Waals surface area contributed by atoms with Gasteiger partial charge in [-0.15, -0.1) is 0 Å². The SMILES string of the molecule is O=C(NC1CC1)[C@@H](O)[C@@H](O)C(=O)NC1CC1. The van der Waals surface area contributed by atoms with Gasteiger partial charge in [-0.05, 0) is 25.7 Å². The minimum Gasteiger partial charge on any atom is -0.380 e. The molecule has 2 saturated carbocycles. The van der Waals surface area contributed by atoms with Crippen molar-refractivity contribution in [3.8, 4) is 0 Å². The summed E-state index contributed by atoms with van der Waals surface area (Å²) < 4.78 is 0. The average molecular weight is 228 g/mol. The van der Waals surface area contributed by atoms with Crippen LogP contribution in [0.5, 0.6) is 0 Å². The molecule has 2 atom stereocenters. The lowest BCUT2D eigenvalue weighted by molar-refractivity contribution is -0.146. The highest BCUT2D eigenvalue weighted by atomic mass is 16.3. The van der Waals surface area contributed by atoms with E-state index in [1.54, 1.807) is 0 Å². The van der Waals surface area contributed by atoms with E-state index < -0.39 is 24.0 Å². The van der Waals surface area contributed by atoms with Gasteiger partial charge in [0.1, 0.15) is 0 Å². The summed E-state index contributed by atoms with van der Waals surface area (Å²) in [5, 5.41) is 23.9. The molecule has 0 aromatic rings. The molecule has 2 aliphatic rings. The van der Waals surface area contributed by atoms with Crippen LogP contribution in [0.25, 0.3) is 0 Å². The standard InChI is InChI=1S/C10H16N2O4/c13-7(9(15)11-5-1-2-5)8(14)10(16)12-6-3-4-6/h5-8,13-14H,1-4H2,(H,11,15)(H,12,16)/t7-,8+. The van der Waals surface area contributed by atoms with Crippen LogP contribution >= 0.6 is 0 Å². The van der Waals surface area contributed by atoms with Crippen molar-refractivity contribution in [1.82, 2.24) is 10.6 Å². The Bertz CT molecular complexity index is 269. The molecule has 6 heteroatoms. The van der Waals surface area contributed by atoms with Crippen LogP contribution in [-0.2, 0) is 9.59 Å². The number of rotatable bonds is 5. The van der Waals surface area contributed by atoms with E-state index in [2.05, 4.69) is 10.6 Å². The summed E-state index contributed by atoms with van der Waals surface area (Å²) in [5.74, 6) is -1.36. The Hall–Kier alpha value is -1.14. The average Bonchev–Trinajstić information content (AvgIpc) is 3.10. The Morgan fingerprint density at radius 2 is 1.19 bits per heavy atom. The van der Waals surface area contributed by atoms with Gasteiger partial charge < -0.3 is 20.8 Å². The van der Waals surface area contributed by atoms with E-state index in [1.165, 1.54) is 0 Å². The molecular formula is C10H16N2O4. The molecule has 0 aromatic heterocycles. The maximum absolute atomic E-state index is 11.3. The zero-order valence-electron chi connectivity index (χ0n) is 8.85. The van der Waals surface area contributed by atoms with Crippen molar-refractivity contribution in [2.24, 2.45) is 0 Å². The first kappa shape index (κ1) is 11.3. The summed E-state index contributed by atoms with van der Waals surface area (Å²) in [6, 6.07) is 0.196. The van der Waals surface area contributed by atoms with Crippen LogP contribution in [-0.4, -0.2) is 46.3 Å². The fourth-order valence-corrected chi connectivity index (χ4v) is 1.32. The molecule has 2 amide bonds. The van der Waals surface area contributed by atoms with Gasteiger partial charge in [0.2, 0.25) is 0 Å². The first-order valence-electron chi connectivity index (χ1n) is 5.55. The lowest BCUT2D eigenvalue weighted by Gasteiger charge is -2.16. The van der Waals surface area contributed by atoms with Crippen LogP contribution in [0.2, 0.25) is 0 Å². The predicted molar refractivity (Wildman–Crippen MR) is 54.3 cm³/mol. The second-order valence-corrected chi connectivity index (χ2v) is 4.46. The van der Waals surface area contributed by atoms with Crippen molar-refractivity contribution in [2.45, 2.75) is 50.0 Å². The Labute approximate surface area is 93.0 Å². The molecule has 0 radical (unpaired) electrons. The lowest BCUT2D eigenvalue weighted by atomic mass is 10.1.